The van der Waals surface area contributed by atoms with Gasteiger partial charge in [0.25, 0.3) is 0 Å². The second-order valence-electron chi connectivity index (χ2n) is 3.69. The Balaban J connectivity index is 0.000000281. The summed E-state index contributed by atoms with van der Waals surface area (Å²) in [4.78, 5) is 0. The van der Waals surface area contributed by atoms with Gasteiger partial charge in [0, 0.05) is 12.6 Å². The van der Waals surface area contributed by atoms with Crippen molar-refractivity contribution < 1.29 is 0 Å². The number of hydrogen-bond donors (Lipinski definition) is 1. The fourth-order valence-electron chi connectivity index (χ4n) is 1.87. The molecule has 1 heteroatoms. The van der Waals surface area contributed by atoms with Crippen molar-refractivity contribution in [1.29, 1.82) is 0 Å². The molecular weight excluding hydrogens is 134 g/mol. The SMILES string of the molecule is CC.CCC1CC2(CC2)CN1. The van der Waals surface area contributed by atoms with Crippen molar-refractivity contribution in [3.05, 3.63) is 0 Å². The maximum atomic E-state index is 3.56. The zero-order valence-electron chi connectivity index (χ0n) is 8.11. The van der Waals surface area contributed by atoms with E-state index in [1.807, 2.05) is 13.8 Å². The van der Waals surface area contributed by atoms with Crippen molar-refractivity contribution in [1.82, 2.24) is 5.32 Å². The lowest BCUT2D eigenvalue weighted by atomic mass is 10.0. The van der Waals surface area contributed by atoms with E-state index in [1.54, 1.807) is 0 Å². The molecular formula is C10H21N. The van der Waals surface area contributed by atoms with Crippen LogP contribution in [0.4, 0.5) is 0 Å². The van der Waals surface area contributed by atoms with Gasteiger partial charge in [0.2, 0.25) is 0 Å². The highest BCUT2D eigenvalue weighted by Gasteiger charge is 2.47. The minimum atomic E-state index is 0.806. The Bertz CT molecular complexity index is 116. The number of hydrogen-bond acceptors (Lipinski definition) is 1. The largest absolute Gasteiger partial charge is 0.313 e. The van der Waals surface area contributed by atoms with E-state index < -0.39 is 0 Å². The number of rotatable bonds is 1. The van der Waals surface area contributed by atoms with Gasteiger partial charge in [-0.1, -0.05) is 20.8 Å². The molecule has 0 radical (unpaired) electrons. The monoisotopic (exact) mass is 155 g/mol. The lowest BCUT2D eigenvalue weighted by molar-refractivity contribution is 0.533. The summed E-state index contributed by atoms with van der Waals surface area (Å²) < 4.78 is 0. The van der Waals surface area contributed by atoms with Gasteiger partial charge < -0.3 is 5.32 Å². The van der Waals surface area contributed by atoms with Crippen molar-refractivity contribution >= 4 is 0 Å². The third kappa shape index (κ3) is 1.96. The van der Waals surface area contributed by atoms with E-state index in [4.69, 9.17) is 0 Å². The van der Waals surface area contributed by atoms with Gasteiger partial charge in [-0.15, -0.1) is 0 Å². The molecule has 1 nitrogen and oxygen atoms in total. The molecule has 1 atom stereocenters. The third-order valence-electron chi connectivity index (χ3n) is 2.90. The highest BCUT2D eigenvalue weighted by atomic mass is 15.0. The summed E-state index contributed by atoms with van der Waals surface area (Å²) in [6.07, 6.45) is 5.78. The van der Waals surface area contributed by atoms with Crippen molar-refractivity contribution in [2.24, 2.45) is 5.41 Å². The van der Waals surface area contributed by atoms with E-state index in [1.165, 1.54) is 32.2 Å². The van der Waals surface area contributed by atoms with Crippen molar-refractivity contribution in [3.8, 4) is 0 Å². The highest BCUT2D eigenvalue weighted by Crippen LogP contribution is 2.52. The van der Waals surface area contributed by atoms with Gasteiger partial charge in [0.15, 0.2) is 0 Å². The molecule has 0 amide bonds. The molecule has 1 aliphatic heterocycles. The Labute approximate surface area is 70.6 Å². The molecule has 66 valence electrons. The van der Waals surface area contributed by atoms with E-state index in [0.717, 1.165) is 11.5 Å². The minimum absolute atomic E-state index is 0.806. The summed E-state index contributed by atoms with van der Waals surface area (Å²) in [5, 5.41) is 3.56. The fraction of sp³-hybridized carbons (Fsp3) is 1.00. The Kier molecular flexibility index (Phi) is 2.94. The van der Waals surface area contributed by atoms with Crippen LogP contribution in [-0.4, -0.2) is 12.6 Å². The van der Waals surface area contributed by atoms with E-state index in [2.05, 4.69) is 12.2 Å². The molecule has 1 heterocycles. The van der Waals surface area contributed by atoms with Gasteiger partial charge >= 0.3 is 0 Å². The van der Waals surface area contributed by atoms with Crippen LogP contribution >= 0.6 is 0 Å². The van der Waals surface area contributed by atoms with Crippen molar-refractivity contribution in [2.75, 3.05) is 6.54 Å². The predicted octanol–water partition coefficient (Wildman–Crippen LogP) is 2.56. The molecule has 1 N–H and O–H groups in total. The molecule has 2 rings (SSSR count). The topological polar surface area (TPSA) is 12.0 Å². The summed E-state index contributed by atoms with van der Waals surface area (Å²) in [5.74, 6) is 0. The van der Waals surface area contributed by atoms with Crippen LogP contribution in [-0.2, 0) is 0 Å². The van der Waals surface area contributed by atoms with Crippen LogP contribution in [0.2, 0.25) is 0 Å². The average Bonchev–Trinajstić information content (AvgIpc) is 2.67. The van der Waals surface area contributed by atoms with Crippen LogP contribution in [0, 0.1) is 5.41 Å². The Morgan fingerprint density at radius 3 is 2.27 bits per heavy atom. The molecule has 1 spiro atoms. The van der Waals surface area contributed by atoms with Gasteiger partial charge in [-0.3, -0.25) is 0 Å². The fourth-order valence-corrected chi connectivity index (χ4v) is 1.87. The molecule has 0 bridgehead atoms. The van der Waals surface area contributed by atoms with Gasteiger partial charge in [-0.25, -0.2) is 0 Å². The van der Waals surface area contributed by atoms with Gasteiger partial charge in [0.1, 0.15) is 0 Å². The van der Waals surface area contributed by atoms with Crippen LogP contribution in [0.5, 0.6) is 0 Å². The second-order valence-corrected chi connectivity index (χ2v) is 3.69. The van der Waals surface area contributed by atoms with Gasteiger partial charge in [-0.2, -0.15) is 0 Å². The minimum Gasteiger partial charge on any atom is -0.313 e. The zero-order chi connectivity index (χ0) is 8.32. The Morgan fingerprint density at radius 1 is 1.36 bits per heavy atom. The molecule has 0 aromatic rings. The maximum absolute atomic E-state index is 3.56. The first-order valence-electron chi connectivity index (χ1n) is 5.08. The van der Waals surface area contributed by atoms with E-state index in [0.29, 0.717) is 0 Å². The molecule has 0 aromatic heterocycles. The van der Waals surface area contributed by atoms with E-state index >= 15 is 0 Å². The number of nitrogens with one attached hydrogen (secondary N) is 1. The highest BCUT2D eigenvalue weighted by molar-refractivity contribution is 5.02. The van der Waals surface area contributed by atoms with Gasteiger partial charge in [0.05, 0.1) is 0 Å². The molecule has 2 aliphatic rings. The summed E-state index contributed by atoms with van der Waals surface area (Å²) in [7, 11) is 0. The van der Waals surface area contributed by atoms with Gasteiger partial charge in [-0.05, 0) is 31.1 Å². The molecule has 11 heavy (non-hydrogen) atoms. The molecule has 1 unspecified atom stereocenters. The molecule has 0 aromatic carbocycles. The normalized spacial score (nSPS) is 31.4. The maximum Gasteiger partial charge on any atom is 0.00704 e. The lowest BCUT2D eigenvalue weighted by Crippen LogP contribution is -2.19. The Hall–Kier alpha value is -0.0400. The smallest absolute Gasteiger partial charge is 0.00704 e. The van der Waals surface area contributed by atoms with Crippen LogP contribution in [0.1, 0.15) is 46.5 Å². The second kappa shape index (κ2) is 3.57. The quantitative estimate of drug-likeness (QED) is 0.613. The Morgan fingerprint density at radius 2 is 2.00 bits per heavy atom. The summed E-state index contributed by atoms with van der Waals surface area (Å²) in [5.41, 5.74) is 0.806. The first-order chi connectivity index (χ1) is 5.35. The summed E-state index contributed by atoms with van der Waals surface area (Å²) >= 11 is 0. The van der Waals surface area contributed by atoms with Crippen LogP contribution in [0.25, 0.3) is 0 Å². The molecule has 1 saturated carbocycles. The first-order valence-corrected chi connectivity index (χ1v) is 5.08. The van der Waals surface area contributed by atoms with E-state index in [-0.39, 0.29) is 0 Å². The predicted molar refractivity (Wildman–Crippen MR) is 49.7 cm³/mol. The molecule has 1 aliphatic carbocycles. The molecule has 1 saturated heterocycles. The van der Waals surface area contributed by atoms with Crippen LogP contribution in [0.3, 0.4) is 0 Å². The van der Waals surface area contributed by atoms with Crippen molar-refractivity contribution in [3.63, 3.8) is 0 Å². The first kappa shape index (κ1) is 9.05. The van der Waals surface area contributed by atoms with Crippen molar-refractivity contribution in [2.45, 2.75) is 52.5 Å². The third-order valence-corrected chi connectivity index (χ3v) is 2.90. The molecule has 2 fully saturated rings. The summed E-state index contributed by atoms with van der Waals surface area (Å²) in [6, 6.07) is 0.854. The van der Waals surface area contributed by atoms with Crippen LogP contribution < -0.4 is 5.32 Å². The lowest BCUT2D eigenvalue weighted by Gasteiger charge is -2.03. The summed E-state index contributed by atoms with van der Waals surface area (Å²) in [6.45, 7) is 7.59. The van der Waals surface area contributed by atoms with E-state index in [9.17, 15) is 0 Å². The van der Waals surface area contributed by atoms with Crippen LogP contribution in [0.15, 0.2) is 0 Å². The average molecular weight is 155 g/mol. The standard InChI is InChI=1S/C8H15N.C2H6/c1-2-7-5-8(3-4-8)6-9-7;1-2/h7,9H,2-6H2,1H3;1-2H3. The zero-order valence-corrected chi connectivity index (χ0v) is 8.11.